The number of aromatic nitrogens is 5. The maximum Gasteiger partial charge on any atom is 0.0964 e. The van der Waals surface area contributed by atoms with Crippen molar-refractivity contribution in [2.24, 2.45) is 0 Å². The highest BCUT2D eigenvalue weighted by Crippen LogP contribution is 2.45. The molecule has 51 heavy (non-hydrogen) atoms. The molecule has 0 radical (unpaired) electrons. The molecule has 0 unspecified atom stereocenters. The van der Waals surface area contributed by atoms with Gasteiger partial charge >= 0.3 is 0 Å². The predicted octanol–water partition coefficient (Wildman–Crippen LogP) is 11.9. The second-order valence-electron chi connectivity index (χ2n) is 16.0. The third-order valence-corrected chi connectivity index (χ3v) is 10.6. The van der Waals surface area contributed by atoms with Gasteiger partial charge in [-0.2, -0.15) is 0 Å². The molecule has 0 aliphatic carbocycles. The summed E-state index contributed by atoms with van der Waals surface area (Å²) in [6.07, 6.45) is 7.78. The smallest absolute Gasteiger partial charge is 0.0964 e. The van der Waals surface area contributed by atoms with Crippen LogP contribution in [0.15, 0.2) is 110 Å². The van der Waals surface area contributed by atoms with Gasteiger partial charge in [0.2, 0.25) is 0 Å². The first kappa shape index (κ1) is 31.3. The molecule has 9 aromatic rings. The van der Waals surface area contributed by atoms with E-state index in [1.807, 2.05) is 36.9 Å². The van der Waals surface area contributed by atoms with Crippen molar-refractivity contribution in [1.29, 1.82) is 0 Å². The summed E-state index contributed by atoms with van der Waals surface area (Å²) in [6, 6.07) is 31.1. The van der Waals surface area contributed by atoms with Crippen LogP contribution in [0.5, 0.6) is 0 Å². The summed E-state index contributed by atoms with van der Waals surface area (Å²) < 4.78 is 2.52. The van der Waals surface area contributed by atoms with Gasteiger partial charge in [0.1, 0.15) is 0 Å². The van der Waals surface area contributed by atoms with Gasteiger partial charge in [-0.05, 0) is 77.4 Å². The van der Waals surface area contributed by atoms with Crippen LogP contribution in [0.1, 0.15) is 59.6 Å². The van der Waals surface area contributed by atoms with Crippen LogP contribution in [-0.2, 0) is 17.4 Å². The molecule has 4 aromatic carbocycles. The molecule has 5 aromatic heterocycles. The van der Waals surface area contributed by atoms with E-state index in [1.54, 1.807) is 0 Å². The molecule has 0 aliphatic rings. The summed E-state index contributed by atoms with van der Waals surface area (Å²) in [7, 11) is 0. The minimum absolute atomic E-state index is 0.0580. The maximum absolute atomic E-state index is 5.07. The normalized spacial score (nSPS) is 12.7. The molecule has 0 N–H and O–H groups in total. The Bertz CT molecular complexity index is 2670. The molecule has 0 bridgehead atoms. The number of pyridine rings is 4. The van der Waals surface area contributed by atoms with Gasteiger partial charge in [0.25, 0.3) is 0 Å². The second kappa shape index (κ2) is 11.2. The third kappa shape index (κ3) is 4.97. The summed E-state index contributed by atoms with van der Waals surface area (Å²) in [5.41, 5.74) is 13.3. The highest BCUT2D eigenvalue weighted by atomic mass is 15.0. The molecule has 9 rings (SSSR count). The largest absolute Gasteiger partial charge is 0.340 e. The van der Waals surface area contributed by atoms with Gasteiger partial charge in [-0.3, -0.25) is 19.9 Å². The Labute approximate surface area is 298 Å². The Morgan fingerprint density at radius 2 is 0.902 bits per heavy atom. The highest BCUT2D eigenvalue weighted by Gasteiger charge is 2.26. The van der Waals surface area contributed by atoms with Crippen molar-refractivity contribution in [3.63, 3.8) is 0 Å². The summed E-state index contributed by atoms with van der Waals surface area (Å²) >= 11 is 0. The first-order chi connectivity index (χ1) is 24.5. The zero-order valence-corrected chi connectivity index (χ0v) is 30.3. The Kier molecular flexibility index (Phi) is 6.85. The van der Waals surface area contributed by atoms with Gasteiger partial charge in [-0.15, -0.1) is 0 Å². The number of hydrogen-bond acceptors (Lipinski definition) is 4. The zero-order chi connectivity index (χ0) is 35.2. The van der Waals surface area contributed by atoms with E-state index in [-0.39, 0.29) is 10.8 Å². The van der Waals surface area contributed by atoms with E-state index in [2.05, 4.69) is 136 Å². The molecule has 5 heterocycles. The lowest BCUT2D eigenvalue weighted by molar-refractivity contribution is 0.590. The molecular formula is C46H41N5. The zero-order valence-electron chi connectivity index (χ0n) is 30.3. The minimum Gasteiger partial charge on any atom is -0.340 e. The topological polar surface area (TPSA) is 56.5 Å². The monoisotopic (exact) mass is 663 g/mol. The van der Waals surface area contributed by atoms with Crippen molar-refractivity contribution in [2.45, 2.75) is 65.8 Å². The first-order valence-electron chi connectivity index (χ1n) is 17.9. The van der Waals surface area contributed by atoms with Crippen LogP contribution in [0.3, 0.4) is 0 Å². The number of aryl methyl sites for hydroxylation is 1. The van der Waals surface area contributed by atoms with E-state index < -0.39 is 0 Å². The third-order valence-electron chi connectivity index (χ3n) is 10.6. The van der Waals surface area contributed by atoms with E-state index >= 15 is 0 Å². The molecule has 0 saturated heterocycles. The van der Waals surface area contributed by atoms with Crippen LogP contribution in [0, 0.1) is 0 Å². The Morgan fingerprint density at radius 3 is 1.31 bits per heavy atom. The fourth-order valence-corrected chi connectivity index (χ4v) is 7.76. The molecule has 0 fully saturated rings. The van der Waals surface area contributed by atoms with E-state index in [4.69, 9.17) is 9.97 Å². The lowest BCUT2D eigenvalue weighted by Crippen LogP contribution is -2.11. The van der Waals surface area contributed by atoms with Crippen molar-refractivity contribution in [2.75, 3.05) is 0 Å². The maximum atomic E-state index is 5.07. The minimum atomic E-state index is -0.0580. The van der Waals surface area contributed by atoms with E-state index in [1.165, 1.54) is 44.1 Å². The van der Waals surface area contributed by atoms with Crippen molar-refractivity contribution in [3.05, 3.63) is 121 Å². The van der Waals surface area contributed by atoms with Crippen molar-refractivity contribution >= 4 is 65.4 Å². The summed E-state index contributed by atoms with van der Waals surface area (Å²) in [4.78, 5) is 19.5. The van der Waals surface area contributed by atoms with Gasteiger partial charge in [-0.25, -0.2) is 0 Å². The molecule has 5 nitrogen and oxygen atoms in total. The molecule has 250 valence electrons. The average molecular weight is 664 g/mol. The number of benzene rings is 4. The number of nitrogens with zero attached hydrogens (tertiary/aromatic N) is 5. The lowest BCUT2D eigenvalue weighted by Gasteiger charge is -2.22. The van der Waals surface area contributed by atoms with Gasteiger partial charge in [0.15, 0.2) is 0 Å². The SMILES string of the molecule is CCn1c2c(-c3cnc4c(ccc5cccnc54)c3)cc(C(C)(C)C)cc2c2cc(C(C)(C)C)cc(-c3cnc4c(ccc5cccnc54)c3)c21. The van der Waals surface area contributed by atoms with Crippen LogP contribution in [0.4, 0.5) is 0 Å². The summed E-state index contributed by atoms with van der Waals surface area (Å²) in [6.45, 7) is 16.9. The molecule has 0 atom stereocenters. The Morgan fingerprint density at radius 1 is 0.490 bits per heavy atom. The van der Waals surface area contributed by atoms with Crippen LogP contribution < -0.4 is 0 Å². The van der Waals surface area contributed by atoms with Crippen molar-refractivity contribution in [3.8, 4) is 22.3 Å². The number of rotatable bonds is 3. The number of fused-ring (bicyclic) bond motifs is 9. The Hall–Kier alpha value is -5.68. The molecular weight excluding hydrogens is 623 g/mol. The molecule has 0 spiro atoms. The van der Waals surface area contributed by atoms with E-state index in [9.17, 15) is 0 Å². The predicted molar refractivity (Wildman–Crippen MR) is 215 cm³/mol. The van der Waals surface area contributed by atoms with Gasteiger partial charge in [-0.1, -0.05) is 77.9 Å². The Balaban J connectivity index is 1.38. The fourth-order valence-electron chi connectivity index (χ4n) is 7.76. The van der Waals surface area contributed by atoms with Crippen LogP contribution in [-0.4, -0.2) is 24.5 Å². The van der Waals surface area contributed by atoms with E-state index in [0.29, 0.717) is 0 Å². The first-order valence-corrected chi connectivity index (χ1v) is 17.9. The lowest BCUT2D eigenvalue weighted by atomic mass is 9.82. The molecule has 5 heteroatoms. The average Bonchev–Trinajstić information content (AvgIpc) is 3.46. The summed E-state index contributed by atoms with van der Waals surface area (Å²) in [5.74, 6) is 0. The second-order valence-corrected chi connectivity index (χ2v) is 16.0. The van der Waals surface area contributed by atoms with Crippen molar-refractivity contribution < 1.29 is 0 Å². The van der Waals surface area contributed by atoms with Gasteiger partial charge in [0.05, 0.1) is 33.1 Å². The highest BCUT2D eigenvalue weighted by molar-refractivity contribution is 6.17. The number of hydrogen-bond donors (Lipinski definition) is 0. The molecule has 0 aliphatic heterocycles. The summed E-state index contributed by atoms with van der Waals surface area (Å²) in [5, 5.41) is 6.92. The van der Waals surface area contributed by atoms with Crippen molar-refractivity contribution in [1.82, 2.24) is 24.5 Å². The molecule has 0 saturated carbocycles. The van der Waals surface area contributed by atoms with Crippen LogP contribution in [0.25, 0.3) is 87.7 Å². The standard InChI is InChI=1S/C46H41N5/c1-8-51-43-35(31-19-29-15-13-27-11-9-17-47-39(27)41(29)49-25-31)21-33(45(2,3)4)23-37(43)38-24-34(46(5,6)7)22-36(44(38)51)32-20-30-16-14-28-12-10-18-48-40(28)42(30)50-26-32/h9-26H,8H2,1-7H3. The molecule has 0 amide bonds. The van der Waals surface area contributed by atoms with Crippen LogP contribution >= 0.6 is 0 Å². The van der Waals surface area contributed by atoms with Crippen LogP contribution in [0.2, 0.25) is 0 Å². The van der Waals surface area contributed by atoms with Gasteiger partial charge < -0.3 is 4.57 Å². The fraction of sp³-hybridized carbons (Fsp3) is 0.217. The quantitative estimate of drug-likeness (QED) is 0.177. The van der Waals surface area contributed by atoms with E-state index in [0.717, 1.165) is 61.3 Å². The van der Waals surface area contributed by atoms with Gasteiger partial charge in [0, 0.05) is 85.9 Å².